The SMILES string of the molecule is Cc1cccc(C(C)C)c1NC(=O)CC1CCN(C)C1. The van der Waals surface area contributed by atoms with Gasteiger partial charge in [0.15, 0.2) is 0 Å². The standard InChI is InChI=1S/C17H26N2O/c1-12(2)15-7-5-6-13(3)17(15)18-16(20)10-14-8-9-19(4)11-14/h5-7,12,14H,8-11H2,1-4H3,(H,18,20). The largest absolute Gasteiger partial charge is 0.326 e. The Bertz CT molecular complexity index is 482. The first-order valence-corrected chi connectivity index (χ1v) is 7.55. The minimum absolute atomic E-state index is 0.154. The van der Waals surface area contributed by atoms with Gasteiger partial charge in [-0.2, -0.15) is 0 Å². The molecule has 3 heteroatoms. The molecule has 1 fully saturated rings. The van der Waals surface area contributed by atoms with Crippen LogP contribution in [0.2, 0.25) is 0 Å². The maximum absolute atomic E-state index is 12.3. The number of nitrogens with zero attached hydrogens (tertiary/aromatic N) is 1. The van der Waals surface area contributed by atoms with Crippen LogP contribution < -0.4 is 5.32 Å². The van der Waals surface area contributed by atoms with Crippen LogP contribution in [-0.2, 0) is 4.79 Å². The van der Waals surface area contributed by atoms with E-state index in [1.165, 1.54) is 5.56 Å². The van der Waals surface area contributed by atoms with Crippen LogP contribution in [0.4, 0.5) is 5.69 Å². The van der Waals surface area contributed by atoms with E-state index in [2.05, 4.69) is 56.2 Å². The number of amides is 1. The number of likely N-dealkylation sites (tertiary alicyclic amines) is 1. The highest BCUT2D eigenvalue weighted by atomic mass is 16.1. The molecule has 0 radical (unpaired) electrons. The monoisotopic (exact) mass is 274 g/mol. The Labute approximate surface area is 122 Å². The summed E-state index contributed by atoms with van der Waals surface area (Å²) < 4.78 is 0. The van der Waals surface area contributed by atoms with Gasteiger partial charge in [-0.15, -0.1) is 0 Å². The zero-order chi connectivity index (χ0) is 14.7. The number of para-hydroxylation sites is 1. The maximum atomic E-state index is 12.3. The van der Waals surface area contributed by atoms with Crippen molar-refractivity contribution in [2.45, 2.75) is 39.5 Å². The number of aryl methyl sites for hydroxylation is 1. The quantitative estimate of drug-likeness (QED) is 0.912. The summed E-state index contributed by atoms with van der Waals surface area (Å²) in [4.78, 5) is 14.6. The van der Waals surface area contributed by atoms with Crippen molar-refractivity contribution in [1.29, 1.82) is 0 Å². The van der Waals surface area contributed by atoms with Crippen LogP contribution in [0.3, 0.4) is 0 Å². The Hall–Kier alpha value is -1.35. The summed E-state index contributed by atoms with van der Waals surface area (Å²) in [6.07, 6.45) is 1.77. The second-order valence-electron chi connectivity index (χ2n) is 6.36. The third-order valence-electron chi connectivity index (χ3n) is 4.15. The molecule has 1 amide bonds. The molecule has 1 aliphatic heterocycles. The highest BCUT2D eigenvalue weighted by Crippen LogP contribution is 2.28. The molecule has 1 unspecified atom stereocenters. The predicted molar refractivity (Wildman–Crippen MR) is 84.1 cm³/mol. The van der Waals surface area contributed by atoms with Crippen molar-refractivity contribution in [1.82, 2.24) is 4.90 Å². The van der Waals surface area contributed by atoms with E-state index in [1.54, 1.807) is 0 Å². The zero-order valence-electron chi connectivity index (χ0n) is 13.1. The van der Waals surface area contributed by atoms with Gasteiger partial charge in [-0.05, 0) is 49.9 Å². The first-order chi connectivity index (χ1) is 9.47. The van der Waals surface area contributed by atoms with Crippen LogP contribution in [-0.4, -0.2) is 30.9 Å². The van der Waals surface area contributed by atoms with Gasteiger partial charge in [0, 0.05) is 18.7 Å². The van der Waals surface area contributed by atoms with Gasteiger partial charge in [0.2, 0.25) is 5.91 Å². The number of hydrogen-bond acceptors (Lipinski definition) is 2. The van der Waals surface area contributed by atoms with Crippen LogP contribution in [0.1, 0.15) is 43.7 Å². The molecule has 1 aliphatic rings. The average Bonchev–Trinajstić information content (AvgIpc) is 2.77. The van der Waals surface area contributed by atoms with Gasteiger partial charge in [-0.1, -0.05) is 32.0 Å². The van der Waals surface area contributed by atoms with Crippen LogP contribution in [0.5, 0.6) is 0 Å². The summed E-state index contributed by atoms with van der Waals surface area (Å²) in [7, 11) is 2.12. The predicted octanol–water partition coefficient (Wildman–Crippen LogP) is 3.40. The summed E-state index contributed by atoms with van der Waals surface area (Å²) in [6.45, 7) is 8.54. The van der Waals surface area contributed by atoms with E-state index < -0.39 is 0 Å². The summed E-state index contributed by atoms with van der Waals surface area (Å²) in [6, 6.07) is 6.23. The van der Waals surface area contributed by atoms with E-state index >= 15 is 0 Å². The highest BCUT2D eigenvalue weighted by molar-refractivity contribution is 5.92. The molecule has 1 saturated heterocycles. The molecule has 20 heavy (non-hydrogen) atoms. The van der Waals surface area contributed by atoms with Gasteiger partial charge >= 0.3 is 0 Å². The molecule has 0 bridgehead atoms. The van der Waals surface area contributed by atoms with Crippen molar-refractivity contribution >= 4 is 11.6 Å². The highest BCUT2D eigenvalue weighted by Gasteiger charge is 2.22. The van der Waals surface area contributed by atoms with Crippen molar-refractivity contribution in [3.8, 4) is 0 Å². The number of anilines is 1. The normalized spacial score (nSPS) is 19.6. The first-order valence-electron chi connectivity index (χ1n) is 7.55. The lowest BCUT2D eigenvalue weighted by Crippen LogP contribution is -2.20. The van der Waals surface area contributed by atoms with Crippen molar-refractivity contribution in [2.75, 3.05) is 25.5 Å². The minimum Gasteiger partial charge on any atom is -0.326 e. The van der Waals surface area contributed by atoms with Gasteiger partial charge in [-0.3, -0.25) is 4.79 Å². The third kappa shape index (κ3) is 3.60. The van der Waals surface area contributed by atoms with E-state index in [4.69, 9.17) is 0 Å². The molecule has 1 atom stereocenters. The third-order valence-corrected chi connectivity index (χ3v) is 4.15. The van der Waals surface area contributed by atoms with Crippen molar-refractivity contribution < 1.29 is 4.79 Å². The van der Waals surface area contributed by atoms with Gasteiger partial charge in [0.1, 0.15) is 0 Å². The summed E-state index contributed by atoms with van der Waals surface area (Å²) in [5.74, 6) is 1.08. The number of benzene rings is 1. The van der Waals surface area contributed by atoms with Gasteiger partial charge in [0.25, 0.3) is 0 Å². The Morgan fingerprint density at radius 1 is 1.45 bits per heavy atom. The van der Waals surface area contributed by atoms with Crippen LogP contribution in [0, 0.1) is 12.8 Å². The Morgan fingerprint density at radius 3 is 2.80 bits per heavy atom. The number of hydrogen-bond donors (Lipinski definition) is 1. The molecular formula is C17H26N2O. The fraction of sp³-hybridized carbons (Fsp3) is 0.588. The van der Waals surface area contributed by atoms with Crippen molar-refractivity contribution in [3.63, 3.8) is 0 Å². The molecule has 1 heterocycles. The van der Waals surface area contributed by atoms with E-state index in [0.717, 1.165) is 30.8 Å². The van der Waals surface area contributed by atoms with Gasteiger partial charge in [-0.25, -0.2) is 0 Å². The molecular weight excluding hydrogens is 248 g/mol. The molecule has 0 spiro atoms. The molecule has 1 N–H and O–H groups in total. The van der Waals surface area contributed by atoms with Gasteiger partial charge < -0.3 is 10.2 Å². The van der Waals surface area contributed by atoms with E-state index in [0.29, 0.717) is 18.3 Å². The second kappa shape index (κ2) is 6.40. The fourth-order valence-electron chi connectivity index (χ4n) is 2.99. The number of carbonyl (C=O) groups excluding carboxylic acids is 1. The molecule has 1 aromatic carbocycles. The Kier molecular flexibility index (Phi) is 4.81. The smallest absolute Gasteiger partial charge is 0.224 e. The van der Waals surface area contributed by atoms with E-state index in [-0.39, 0.29) is 5.91 Å². The van der Waals surface area contributed by atoms with Gasteiger partial charge in [0.05, 0.1) is 0 Å². The second-order valence-corrected chi connectivity index (χ2v) is 6.36. The average molecular weight is 274 g/mol. The topological polar surface area (TPSA) is 32.3 Å². The van der Waals surface area contributed by atoms with E-state index in [9.17, 15) is 4.79 Å². The van der Waals surface area contributed by atoms with E-state index in [1.807, 2.05) is 0 Å². The first kappa shape index (κ1) is 15.0. The molecule has 0 aromatic heterocycles. The number of rotatable bonds is 4. The van der Waals surface area contributed by atoms with Crippen LogP contribution in [0.25, 0.3) is 0 Å². The Balaban J connectivity index is 2.04. The molecule has 3 nitrogen and oxygen atoms in total. The zero-order valence-corrected chi connectivity index (χ0v) is 13.1. The summed E-state index contributed by atoms with van der Waals surface area (Å²) in [5.41, 5.74) is 3.38. The molecule has 0 aliphatic carbocycles. The Morgan fingerprint density at radius 2 is 2.20 bits per heavy atom. The lowest BCUT2D eigenvalue weighted by Gasteiger charge is -2.17. The molecule has 2 rings (SSSR count). The summed E-state index contributed by atoms with van der Waals surface area (Å²) in [5, 5.41) is 3.14. The number of carbonyl (C=O) groups is 1. The maximum Gasteiger partial charge on any atom is 0.224 e. The van der Waals surface area contributed by atoms with Crippen molar-refractivity contribution in [3.05, 3.63) is 29.3 Å². The van der Waals surface area contributed by atoms with Crippen molar-refractivity contribution in [2.24, 2.45) is 5.92 Å². The van der Waals surface area contributed by atoms with Crippen LogP contribution >= 0.6 is 0 Å². The molecule has 1 aromatic rings. The molecule has 110 valence electrons. The fourth-order valence-corrected chi connectivity index (χ4v) is 2.99. The lowest BCUT2D eigenvalue weighted by atomic mass is 9.97. The molecule has 0 saturated carbocycles. The van der Waals surface area contributed by atoms with Crippen LogP contribution in [0.15, 0.2) is 18.2 Å². The lowest BCUT2D eigenvalue weighted by molar-refractivity contribution is -0.117. The minimum atomic E-state index is 0.154. The summed E-state index contributed by atoms with van der Waals surface area (Å²) >= 11 is 0. The number of nitrogens with one attached hydrogen (secondary N) is 1.